The summed E-state index contributed by atoms with van der Waals surface area (Å²) in [6.45, 7) is 4.43. The molecule has 4 heterocycles. The number of aryl methyl sites for hydroxylation is 2. The number of benzene rings is 3. The number of hydrogen-bond donors (Lipinski definition) is 2. The largest absolute Gasteiger partial charge is 0.286 e. The van der Waals surface area contributed by atoms with E-state index < -0.39 is 0 Å². The predicted molar refractivity (Wildman–Crippen MR) is 236 cm³/mol. The topological polar surface area (TPSA) is 99.5 Å². The summed E-state index contributed by atoms with van der Waals surface area (Å²) < 4.78 is 8.72. The fourth-order valence-electron chi connectivity index (χ4n) is 6.53. The van der Waals surface area contributed by atoms with E-state index in [0.29, 0.717) is 11.1 Å². The number of rotatable bonds is 16. The van der Waals surface area contributed by atoms with Crippen LogP contribution in [0.25, 0.3) is 33.8 Å². The second-order valence-electron chi connectivity index (χ2n) is 14.0. The van der Waals surface area contributed by atoms with Crippen LogP contribution in [0.1, 0.15) is 71.4 Å². The molecule has 0 spiro atoms. The Kier molecular flexibility index (Phi) is 13.2. The molecule has 12 heteroatoms. The number of unbranched alkanes of at least 4 members (excludes halogenated alkanes) is 2. The fraction of sp³-hybridized carbons (Fsp3) is 0.217. The Labute approximate surface area is 347 Å². The van der Waals surface area contributed by atoms with Crippen LogP contribution in [-0.4, -0.2) is 44.6 Å². The monoisotopic (exact) mass is 808 g/mol. The van der Waals surface area contributed by atoms with Crippen LogP contribution in [0.2, 0.25) is 0 Å². The van der Waals surface area contributed by atoms with Gasteiger partial charge in [-0.3, -0.25) is 9.59 Å². The minimum atomic E-state index is -0.380. The van der Waals surface area contributed by atoms with E-state index in [9.17, 15) is 9.59 Å². The highest BCUT2D eigenvalue weighted by molar-refractivity contribution is 7.99. The molecule has 0 atom stereocenters. The SMILES string of the molecule is CCCCSc1ccc2n(c1)cc(-c1ccc(/C=N\NC(=O)c3ccc(C(=O)N/N=C/c4ccc(-c5cn6cc(SCCCC)ccc6[n+]5C)cc4)cc3)cc1)[n+]2C. The van der Waals surface area contributed by atoms with E-state index in [-0.39, 0.29) is 11.8 Å². The number of hydrogen-bond acceptors (Lipinski definition) is 6. The van der Waals surface area contributed by atoms with Gasteiger partial charge in [0.05, 0.1) is 26.5 Å². The van der Waals surface area contributed by atoms with Gasteiger partial charge in [0.2, 0.25) is 0 Å². The number of pyridine rings is 2. The molecule has 0 bridgehead atoms. The third-order valence-electron chi connectivity index (χ3n) is 9.90. The van der Waals surface area contributed by atoms with Crippen LogP contribution in [0.5, 0.6) is 0 Å². The van der Waals surface area contributed by atoms with Crippen molar-refractivity contribution in [3.8, 4) is 22.5 Å². The van der Waals surface area contributed by atoms with Gasteiger partial charge < -0.3 is 0 Å². The number of amides is 2. The van der Waals surface area contributed by atoms with Crippen LogP contribution in [0.4, 0.5) is 0 Å². The lowest BCUT2D eigenvalue weighted by Crippen LogP contribution is -2.29. The van der Waals surface area contributed by atoms with Crippen molar-refractivity contribution in [1.29, 1.82) is 0 Å². The van der Waals surface area contributed by atoms with E-state index in [1.165, 1.54) is 35.5 Å². The van der Waals surface area contributed by atoms with E-state index >= 15 is 0 Å². The standard InChI is InChI=1S/C46H46N8O2S2/c1-5-7-25-57-39-21-23-43-51(3)41(31-53(43)29-39)35-13-9-33(10-14-35)27-47-49-45(55)37-17-19-38(20-18-37)46(56)50-48-28-34-11-15-36(16-12-34)42-32-54-30-40(58-26-8-6-2)22-24-44(54)52(42)4/h9-24,27-32H,5-8,25-26H2,1-4H3/p+2/b47-27-,48-28+. The zero-order valence-electron chi connectivity index (χ0n) is 33.3. The van der Waals surface area contributed by atoms with Gasteiger partial charge in [-0.25, -0.2) is 28.8 Å². The summed E-state index contributed by atoms with van der Waals surface area (Å²) in [5.41, 5.74) is 14.2. The van der Waals surface area contributed by atoms with Crippen molar-refractivity contribution in [3.63, 3.8) is 0 Å². The molecule has 2 amide bonds. The maximum atomic E-state index is 12.8. The lowest BCUT2D eigenvalue weighted by atomic mass is 10.1. The molecular weight excluding hydrogens is 761 g/mol. The van der Waals surface area contributed by atoms with Crippen LogP contribution in [-0.2, 0) is 14.1 Å². The molecule has 0 radical (unpaired) electrons. The smallest absolute Gasteiger partial charge is 0.267 e. The number of aromatic nitrogens is 4. The zero-order chi connectivity index (χ0) is 40.4. The molecule has 0 unspecified atom stereocenters. The van der Waals surface area contributed by atoms with Gasteiger partial charge in [-0.05, 0) is 96.1 Å². The van der Waals surface area contributed by atoms with E-state index in [1.54, 1.807) is 36.7 Å². The lowest BCUT2D eigenvalue weighted by Gasteiger charge is -2.03. The number of thioether (sulfide) groups is 2. The molecule has 3 aromatic carbocycles. The molecule has 0 aliphatic heterocycles. The molecule has 0 aliphatic carbocycles. The highest BCUT2D eigenvalue weighted by atomic mass is 32.2. The summed E-state index contributed by atoms with van der Waals surface area (Å²) in [5.74, 6) is 1.49. The molecule has 58 heavy (non-hydrogen) atoms. The lowest BCUT2D eigenvalue weighted by molar-refractivity contribution is -0.633. The Bertz CT molecular complexity index is 2410. The van der Waals surface area contributed by atoms with Crippen molar-refractivity contribution in [1.82, 2.24) is 19.7 Å². The number of fused-ring (bicyclic) bond motifs is 2. The highest BCUT2D eigenvalue weighted by Crippen LogP contribution is 2.24. The van der Waals surface area contributed by atoms with Crippen LogP contribution in [0.3, 0.4) is 0 Å². The number of nitrogens with zero attached hydrogens (tertiary/aromatic N) is 6. The molecule has 7 aromatic rings. The second kappa shape index (κ2) is 19.0. The number of carbonyl (C=O) groups is 2. The van der Waals surface area contributed by atoms with Gasteiger partial charge in [0.15, 0.2) is 11.4 Å². The highest BCUT2D eigenvalue weighted by Gasteiger charge is 2.18. The van der Waals surface area contributed by atoms with Crippen molar-refractivity contribution in [2.45, 2.75) is 49.3 Å². The van der Waals surface area contributed by atoms with E-state index in [0.717, 1.165) is 56.4 Å². The maximum absolute atomic E-state index is 12.8. The average Bonchev–Trinajstić information content (AvgIpc) is 3.76. The Morgan fingerprint density at radius 1 is 0.569 bits per heavy atom. The number of hydrazone groups is 2. The summed E-state index contributed by atoms with van der Waals surface area (Å²) in [4.78, 5) is 28.1. The van der Waals surface area contributed by atoms with Gasteiger partial charge in [-0.2, -0.15) is 10.2 Å². The molecule has 0 saturated heterocycles. The van der Waals surface area contributed by atoms with Crippen molar-refractivity contribution in [3.05, 3.63) is 144 Å². The summed E-state index contributed by atoms with van der Waals surface area (Å²) in [6.07, 6.45) is 16.7. The molecule has 294 valence electrons. The number of nitrogens with one attached hydrogen (secondary N) is 2. The molecule has 7 rings (SSSR count). The van der Waals surface area contributed by atoms with E-state index in [2.05, 4.69) is 116 Å². The summed E-state index contributed by atoms with van der Waals surface area (Å²) >= 11 is 3.78. The number of imidazole rings is 2. The van der Waals surface area contributed by atoms with Gasteiger partial charge >= 0.3 is 0 Å². The number of carbonyl (C=O) groups excluding carboxylic acids is 2. The first-order chi connectivity index (χ1) is 28.3. The molecular formula is C46H48N8O2S2+2. The molecule has 0 aliphatic rings. The summed E-state index contributed by atoms with van der Waals surface area (Å²) in [5, 5.41) is 8.31. The first-order valence-corrected chi connectivity index (χ1v) is 21.5. The van der Waals surface area contributed by atoms with Gasteiger partial charge in [-0.15, -0.1) is 23.5 Å². The van der Waals surface area contributed by atoms with E-state index in [4.69, 9.17) is 0 Å². The van der Waals surface area contributed by atoms with Gasteiger partial charge in [-0.1, -0.05) is 51.0 Å². The fourth-order valence-corrected chi connectivity index (χ4v) is 8.57. The van der Waals surface area contributed by atoms with Crippen LogP contribution >= 0.6 is 23.5 Å². The quantitative estimate of drug-likeness (QED) is 0.0337. The van der Waals surface area contributed by atoms with E-state index in [1.807, 2.05) is 72.1 Å². The molecule has 4 aromatic heterocycles. The molecule has 0 saturated carbocycles. The Morgan fingerprint density at radius 3 is 1.34 bits per heavy atom. The average molecular weight is 809 g/mol. The maximum Gasteiger partial charge on any atom is 0.286 e. The Balaban J connectivity index is 0.891. The van der Waals surface area contributed by atoms with Crippen molar-refractivity contribution in [2.24, 2.45) is 24.3 Å². The normalized spacial score (nSPS) is 11.7. The van der Waals surface area contributed by atoms with Crippen molar-refractivity contribution in [2.75, 3.05) is 11.5 Å². The minimum absolute atomic E-state index is 0.378. The first kappa shape index (κ1) is 40.2. The van der Waals surface area contributed by atoms with Crippen molar-refractivity contribution >= 4 is 59.1 Å². The van der Waals surface area contributed by atoms with Gasteiger partial charge in [0.1, 0.15) is 24.8 Å². The van der Waals surface area contributed by atoms with Crippen molar-refractivity contribution < 1.29 is 18.7 Å². The zero-order valence-corrected chi connectivity index (χ0v) is 34.9. The van der Waals surface area contributed by atoms with Crippen LogP contribution < -0.4 is 20.0 Å². The summed E-state index contributed by atoms with van der Waals surface area (Å²) in [6, 6.07) is 31.1. The summed E-state index contributed by atoms with van der Waals surface area (Å²) in [7, 11) is 4.14. The van der Waals surface area contributed by atoms with Crippen LogP contribution in [0.15, 0.2) is 142 Å². The van der Waals surface area contributed by atoms with Gasteiger partial charge in [0, 0.05) is 44.2 Å². The Morgan fingerprint density at radius 2 is 0.966 bits per heavy atom. The molecule has 2 N–H and O–H groups in total. The van der Waals surface area contributed by atoms with Gasteiger partial charge in [0.25, 0.3) is 23.1 Å². The molecule has 0 fully saturated rings. The third-order valence-corrected chi connectivity index (χ3v) is 12.0. The third kappa shape index (κ3) is 9.58. The first-order valence-electron chi connectivity index (χ1n) is 19.6. The second-order valence-corrected chi connectivity index (χ2v) is 16.4. The minimum Gasteiger partial charge on any atom is -0.267 e. The Hall–Kier alpha value is -5.98. The molecule has 10 nitrogen and oxygen atoms in total. The predicted octanol–water partition coefficient (Wildman–Crippen LogP) is 8.49. The van der Waals surface area contributed by atoms with Crippen LogP contribution in [0, 0.1) is 0 Å².